The van der Waals surface area contributed by atoms with Gasteiger partial charge in [-0.3, -0.25) is 0 Å². The number of aryl methyl sites for hydroxylation is 2. The van der Waals surface area contributed by atoms with Gasteiger partial charge in [0.2, 0.25) is 0 Å². The van der Waals surface area contributed by atoms with E-state index in [-0.39, 0.29) is 6.03 Å². The summed E-state index contributed by atoms with van der Waals surface area (Å²) in [5, 5.41) is 2.89. The molecule has 0 atom stereocenters. The second-order valence-corrected chi connectivity index (χ2v) is 8.07. The first-order valence-electron chi connectivity index (χ1n) is 7.52. The van der Waals surface area contributed by atoms with Gasteiger partial charge in [0.15, 0.2) is 0 Å². The van der Waals surface area contributed by atoms with Crippen LogP contribution in [-0.2, 0) is 10.2 Å². The van der Waals surface area contributed by atoms with Crippen LogP contribution in [0.1, 0.15) is 11.1 Å². The average Bonchev–Trinajstić information content (AvgIpc) is 2.50. The molecule has 1 aromatic carbocycles. The summed E-state index contributed by atoms with van der Waals surface area (Å²) in [6.07, 6.45) is 0. The van der Waals surface area contributed by atoms with E-state index < -0.39 is 10.2 Å². The lowest BCUT2D eigenvalue weighted by Crippen LogP contribution is -2.53. The van der Waals surface area contributed by atoms with E-state index in [1.54, 1.807) is 4.90 Å². The molecule has 1 heterocycles. The third kappa shape index (κ3) is 4.01. The van der Waals surface area contributed by atoms with E-state index in [4.69, 9.17) is 0 Å². The Kier molecular flexibility index (Phi) is 5.28. The number of urea groups is 1. The molecule has 0 saturated carbocycles. The predicted octanol–water partition coefficient (Wildman–Crippen LogP) is 1.26. The summed E-state index contributed by atoms with van der Waals surface area (Å²) in [4.78, 5) is 14.0. The lowest BCUT2D eigenvalue weighted by atomic mass is 10.1. The fourth-order valence-electron chi connectivity index (χ4n) is 2.50. The van der Waals surface area contributed by atoms with Crippen LogP contribution >= 0.6 is 0 Å². The number of nitrogens with zero attached hydrogens (tertiary/aromatic N) is 3. The number of hydrogen-bond donors (Lipinski definition) is 1. The van der Waals surface area contributed by atoms with Gasteiger partial charge < -0.3 is 10.2 Å². The molecule has 0 aliphatic carbocycles. The molecule has 7 nitrogen and oxygen atoms in total. The van der Waals surface area contributed by atoms with Crippen LogP contribution in [-0.4, -0.2) is 68.2 Å². The Morgan fingerprint density at radius 1 is 1.13 bits per heavy atom. The highest BCUT2D eigenvalue weighted by Gasteiger charge is 2.30. The van der Waals surface area contributed by atoms with Crippen molar-refractivity contribution in [1.29, 1.82) is 0 Å². The van der Waals surface area contributed by atoms with Crippen LogP contribution in [0.25, 0.3) is 0 Å². The third-order valence-electron chi connectivity index (χ3n) is 3.94. The fourth-order valence-corrected chi connectivity index (χ4v) is 3.59. The zero-order chi connectivity index (χ0) is 17.2. The third-order valence-corrected chi connectivity index (χ3v) is 5.88. The molecule has 1 N–H and O–H groups in total. The van der Waals surface area contributed by atoms with E-state index >= 15 is 0 Å². The summed E-state index contributed by atoms with van der Waals surface area (Å²) < 4.78 is 26.7. The van der Waals surface area contributed by atoms with Crippen LogP contribution in [0.4, 0.5) is 10.5 Å². The van der Waals surface area contributed by atoms with Crippen molar-refractivity contribution in [3.05, 3.63) is 29.3 Å². The fraction of sp³-hybridized carbons (Fsp3) is 0.533. The SMILES string of the molecule is Cc1ccc(NC(=O)N2CCN(S(=O)(=O)N(C)C)CC2)c(C)c1. The monoisotopic (exact) mass is 340 g/mol. The molecule has 128 valence electrons. The van der Waals surface area contributed by atoms with Crippen LogP contribution < -0.4 is 5.32 Å². The average molecular weight is 340 g/mol. The second-order valence-electron chi connectivity index (χ2n) is 5.92. The number of carbonyl (C=O) groups is 1. The van der Waals surface area contributed by atoms with E-state index in [0.29, 0.717) is 26.2 Å². The van der Waals surface area contributed by atoms with Crippen LogP contribution in [0.15, 0.2) is 18.2 Å². The quantitative estimate of drug-likeness (QED) is 0.900. The van der Waals surface area contributed by atoms with Gasteiger partial charge >= 0.3 is 6.03 Å². The molecule has 1 aromatic rings. The van der Waals surface area contributed by atoms with E-state index in [9.17, 15) is 13.2 Å². The van der Waals surface area contributed by atoms with Crippen molar-refractivity contribution >= 4 is 21.9 Å². The Morgan fingerprint density at radius 2 is 1.74 bits per heavy atom. The van der Waals surface area contributed by atoms with Crippen molar-refractivity contribution in [3.63, 3.8) is 0 Å². The Morgan fingerprint density at radius 3 is 2.26 bits per heavy atom. The summed E-state index contributed by atoms with van der Waals surface area (Å²) in [7, 11) is -0.394. The van der Waals surface area contributed by atoms with Crippen molar-refractivity contribution in [2.75, 3.05) is 45.6 Å². The van der Waals surface area contributed by atoms with Gasteiger partial charge in [0.25, 0.3) is 10.2 Å². The number of amides is 2. The lowest BCUT2D eigenvalue weighted by molar-refractivity contribution is 0.182. The molecule has 0 unspecified atom stereocenters. The van der Waals surface area contributed by atoms with E-state index in [1.165, 1.54) is 22.7 Å². The molecule has 1 fully saturated rings. The smallest absolute Gasteiger partial charge is 0.321 e. The van der Waals surface area contributed by atoms with E-state index in [0.717, 1.165) is 16.8 Å². The van der Waals surface area contributed by atoms with Crippen LogP contribution in [0.5, 0.6) is 0 Å². The Bertz CT molecular complexity index is 680. The van der Waals surface area contributed by atoms with Crippen LogP contribution in [0.2, 0.25) is 0 Å². The van der Waals surface area contributed by atoms with Gasteiger partial charge in [0, 0.05) is 46.0 Å². The highest BCUT2D eigenvalue weighted by atomic mass is 32.2. The number of piperazine rings is 1. The molecule has 23 heavy (non-hydrogen) atoms. The summed E-state index contributed by atoms with van der Waals surface area (Å²) in [5.41, 5.74) is 2.93. The number of benzene rings is 1. The first-order chi connectivity index (χ1) is 10.7. The normalized spacial score (nSPS) is 16.7. The molecule has 0 bridgehead atoms. The molecule has 1 saturated heterocycles. The van der Waals surface area contributed by atoms with Gasteiger partial charge in [-0.1, -0.05) is 17.7 Å². The molecule has 0 radical (unpaired) electrons. The molecule has 0 aromatic heterocycles. The highest BCUT2D eigenvalue weighted by molar-refractivity contribution is 7.86. The van der Waals surface area contributed by atoms with Crippen molar-refractivity contribution in [1.82, 2.24) is 13.5 Å². The number of hydrogen-bond acceptors (Lipinski definition) is 3. The zero-order valence-electron chi connectivity index (χ0n) is 14.0. The molecule has 1 aliphatic heterocycles. The van der Waals surface area contributed by atoms with Gasteiger partial charge in [-0.15, -0.1) is 0 Å². The predicted molar refractivity (Wildman–Crippen MR) is 90.7 cm³/mol. The van der Waals surface area contributed by atoms with Gasteiger partial charge in [0.1, 0.15) is 0 Å². The first kappa shape index (κ1) is 17.7. The Hall–Kier alpha value is -1.64. The topological polar surface area (TPSA) is 73.0 Å². The number of carbonyl (C=O) groups excluding carboxylic acids is 1. The van der Waals surface area contributed by atoms with Crippen molar-refractivity contribution in [2.24, 2.45) is 0 Å². The second kappa shape index (κ2) is 6.86. The summed E-state index contributed by atoms with van der Waals surface area (Å²) in [5.74, 6) is 0. The molecule has 1 aliphatic rings. The number of rotatable bonds is 3. The van der Waals surface area contributed by atoms with Crippen LogP contribution in [0.3, 0.4) is 0 Å². The van der Waals surface area contributed by atoms with Crippen LogP contribution in [0, 0.1) is 13.8 Å². The molecule has 2 rings (SSSR count). The minimum absolute atomic E-state index is 0.196. The van der Waals surface area contributed by atoms with Crippen molar-refractivity contribution in [3.8, 4) is 0 Å². The number of nitrogens with one attached hydrogen (secondary N) is 1. The highest BCUT2D eigenvalue weighted by Crippen LogP contribution is 2.17. The first-order valence-corrected chi connectivity index (χ1v) is 8.92. The van der Waals surface area contributed by atoms with Gasteiger partial charge in [0.05, 0.1) is 0 Å². The maximum Gasteiger partial charge on any atom is 0.321 e. The van der Waals surface area contributed by atoms with Gasteiger partial charge in [-0.2, -0.15) is 17.0 Å². The molecule has 2 amide bonds. The molecular formula is C15H24N4O3S. The minimum atomic E-state index is -3.41. The molecular weight excluding hydrogens is 316 g/mol. The van der Waals surface area contributed by atoms with Crippen molar-refractivity contribution < 1.29 is 13.2 Å². The Labute approximate surface area is 138 Å². The summed E-state index contributed by atoms with van der Waals surface area (Å²) in [6, 6.07) is 5.65. The molecule has 0 spiro atoms. The zero-order valence-corrected chi connectivity index (χ0v) is 14.9. The summed E-state index contributed by atoms with van der Waals surface area (Å²) >= 11 is 0. The number of anilines is 1. The molecule has 8 heteroatoms. The van der Waals surface area contributed by atoms with E-state index in [2.05, 4.69) is 5.32 Å². The van der Waals surface area contributed by atoms with E-state index in [1.807, 2.05) is 32.0 Å². The van der Waals surface area contributed by atoms with Gasteiger partial charge in [-0.05, 0) is 25.5 Å². The largest absolute Gasteiger partial charge is 0.322 e. The van der Waals surface area contributed by atoms with Gasteiger partial charge in [-0.25, -0.2) is 4.79 Å². The maximum absolute atomic E-state index is 12.3. The Balaban J connectivity index is 1.96. The summed E-state index contributed by atoms with van der Waals surface area (Å²) in [6.45, 7) is 5.32. The minimum Gasteiger partial charge on any atom is -0.322 e. The lowest BCUT2D eigenvalue weighted by Gasteiger charge is -2.35. The maximum atomic E-state index is 12.3. The standard InChI is InChI=1S/C15H24N4O3S/c1-12-5-6-14(13(2)11-12)16-15(20)18-7-9-19(10-8-18)23(21,22)17(3)4/h5-6,11H,7-10H2,1-4H3,(H,16,20). The van der Waals surface area contributed by atoms with Crippen molar-refractivity contribution in [2.45, 2.75) is 13.8 Å².